The molecule has 1 amide bonds. The van der Waals surface area contributed by atoms with Gasteiger partial charge in [0.2, 0.25) is 0 Å². The van der Waals surface area contributed by atoms with Crippen molar-refractivity contribution in [3.8, 4) is 5.75 Å². The van der Waals surface area contributed by atoms with E-state index in [0.29, 0.717) is 12.2 Å². The van der Waals surface area contributed by atoms with Gasteiger partial charge in [0.25, 0.3) is 5.91 Å². The molecule has 0 aromatic heterocycles. The largest absolute Gasteiger partial charge is 0.481 e. The van der Waals surface area contributed by atoms with E-state index in [-0.39, 0.29) is 11.9 Å². The Morgan fingerprint density at radius 1 is 1.45 bits per heavy atom. The standard InChI is InChI=1S/C15H20FNO3/c1-10(20-12-6-4-5-11(16)9-12)15(19)17-13-7-2-3-8-14(13)18/h4-6,9-10,13-14,18H,2-3,7-8H2,1H3,(H,17,19)/t10?,13-,14-/m1/s1. The van der Waals surface area contributed by atoms with Crippen LogP contribution in [0.4, 0.5) is 4.39 Å². The van der Waals surface area contributed by atoms with Crippen molar-refractivity contribution >= 4 is 5.91 Å². The van der Waals surface area contributed by atoms with Crippen molar-refractivity contribution < 1.29 is 19.0 Å². The molecule has 0 spiro atoms. The summed E-state index contributed by atoms with van der Waals surface area (Å²) in [5.41, 5.74) is 0. The second kappa shape index (κ2) is 6.70. The van der Waals surface area contributed by atoms with Gasteiger partial charge in [0.1, 0.15) is 11.6 Å². The van der Waals surface area contributed by atoms with Gasteiger partial charge in [0.05, 0.1) is 12.1 Å². The van der Waals surface area contributed by atoms with E-state index in [1.807, 2.05) is 0 Å². The molecule has 110 valence electrons. The number of nitrogens with one attached hydrogen (secondary N) is 1. The number of rotatable bonds is 4. The number of hydrogen-bond donors (Lipinski definition) is 2. The average Bonchev–Trinajstić information content (AvgIpc) is 2.41. The molecule has 4 nitrogen and oxygen atoms in total. The summed E-state index contributed by atoms with van der Waals surface area (Å²) in [5.74, 6) is -0.380. The number of carbonyl (C=O) groups excluding carboxylic acids is 1. The van der Waals surface area contributed by atoms with E-state index in [0.717, 1.165) is 19.3 Å². The van der Waals surface area contributed by atoms with Gasteiger partial charge < -0.3 is 15.2 Å². The number of carbonyl (C=O) groups is 1. The van der Waals surface area contributed by atoms with Crippen molar-refractivity contribution in [2.45, 2.75) is 50.9 Å². The number of ether oxygens (including phenoxy) is 1. The third kappa shape index (κ3) is 3.93. The summed E-state index contributed by atoms with van der Waals surface area (Å²) in [6.45, 7) is 1.61. The zero-order valence-corrected chi connectivity index (χ0v) is 11.5. The van der Waals surface area contributed by atoms with Crippen LogP contribution in [0.5, 0.6) is 5.75 Å². The molecule has 3 atom stereocenters. The lowest BCUT2D eigenvalue weighted by Crippen LogP contribution is -2.49. The molecule has 2 N–H and O–H groups in total. The highest BCUT2D eigenvalue weighted by atomic mass is 19.1. The second-order valence-corrected chi connectivity index (χ2v) is 5.18. The van der Waals surface area contributed by atoms with Gasteiger partial charge in [-0.25, -0.2) is 4.39 Å². The Balaban J connectivity index is 1.88. The van der Waals surface area contributed by atoms with Gasteiger partial charge in [0.15, 0.2) is 6.10 Å². The Hall–Kier alpha value is -1.62. The first-order valence-electron chi connectivity index (χ1n) is 6.97. The fourth-order valence-corrected chi connectivity index (χ4v) is 2.38. The minimum atomic E-state index is -0.731. The number of aliphatic hydroxyl groups excluding tert-OH is 1. The molecular formula is C15H20FNO3. The molecule has 1 aromatic rings. The minimum absolute atomic E-state index is 0.213. The summed E-state index contributed by atoms with van der Waals surface area (Å²) in [4.78, 5) is 12.0. The summed E-state index contributed by atoms with van der Waals surface area (Å²) in [7, 11) is 0. The van der Waals surface area contributed by atoms with Crippen LogP contribution in [-0.2, 0) is 4.79 Å². The van der Waals surface area contributed by atoms with Crippen molar-refractivity contribution in [2.24, 2.45) is 0 Å². The highest BCUT2D eigenvalue weighted by molar-refractivity contribution is 5.81. The van der Waals surface area contributed by atoms with E-state index in [2.05, 4.69) is 5.32 Å². The normalized spacial score (nSPS) is 23.9. The van der Waals surface area contributed by atoms with E-state index < -0.39 is 18.0 Å². The Morgan fingerprint density at radius 2 is 2.20 bits per heavy atom. The van der Waals surface area contributed by atoms with Crippen molar-refractivity contribution in [1.82, 2.24) is 5.32 Å². The van der Waals surface area contributed by atoms with Gasteiger partial charge in [-0.05, 0) is 31.9 Å². The van der Waals surface area contributed by atoms with Gasteiger partial charge in [-0.3, -0.25) is 4.79 Å². The fourth-order valence-electron chi connectivity index (χ4n) is 2.38. The zero-order chi connectivity index (χ0) is 14.5. The molecule has 1 fully saturated rings. The Kier molecular flexibility index (Phi) is 4.95. The Morgan fingerprint density at radius 3 is 2.90 bits per heavy atom. The topological polar surface area (TPSA) is 58.6 Å². The van der Waals surface area contributed by atoms with Crippen LogP contribution in [0, 0.1) is 5.82 Å². The summed E-state index contributed by atoms with van der Waals surface area (Å²) < 4.78 is 18.4. The van der Waals surface area contributed by atoms with Crippen LogP contribution in [0.2, 0.25) is 0 Å². The lowest BCUT2D eigenvalue weighted by atomic mass is 9.92. The smallest absolute Gasteiger partial charge is 0.261 e. The first kappa shape index (κ1) is 14.8. The zero-order valence-electron chi connectivity index (χ0n) is 11.5. The third-order valence-electron chi connectivity index (χ3n) is 3.54. The van der Waals surface area contributed by atoms with Gasteiger partial charge >= 0.3 is 0 Å². The van der Waals surface area contributed by atoms with Crippen LogP contribution >= 0.6 is 0 Å². The van der Waals surface area contributed by atoms with Crippen LogP contribution < -0.4 is 10.1 Å². The molecule has 0 aliphatic heterocycles. The fraction of sp³-hybridized carbons (Fsp3) is 0.533. The van der Waals surface area contributed by atoms with Gasteiger partial charge in [-0.1, -0.05) is 18.9 Å². The van der Waals surface area contributed by atoms with Crippen LogP contribution in [0.25, 0.3) is 0 Å². The molecule has 2 rings (SSSR count). The van der Waals surface area contributed by atoms with Crippen molar-refractivity contribution in [3.05, 3.63) is 30.1 Å². The van der Waals surface area contributed by atoms with Gasteiger partial charge in [-0.15, -0.1) is 0 Å². The molecule has 0 bridgehead atoms. The van der Waals surface area contributed by atoms with Crippen molar-refractivity contribution in [2.75, 3.05) is 0 Å². The average molecular weight is 281 g/mol. The summed E-state index contributed by atoms with van der Waals surface area (Å²) >= 11 is 0. The highest BCUT2D eigenvalue weighted by Gasteiger charge is 2.26. The first-order valence-corrected chi connectivity index (χ1v) is 6.97. The van der Waals surface area contributed by atoms with E-state index in [1.54, 1.807) is 13.0 Å². The third-order valence-corrected chi connectivity index (χ3v) is 3.54. The lowest BCUT2D eigenvalue weighted by Gasteiger charge is -2.29. The van der Waals surface area contributed by atoms with Gasteiger partial charge in [-0.2, -0.15) is 0 Å². The van der Waals surface area contributed by atoms with E-state index in [1.165, 1.54) is 18.2 Å². The second-order valence-electron chi connectivity index (χ2n) is 5.18. The molecule has 20 heavy (non-hydrogen) atoms. The predicted molar refractivity (Wildman–Crippen MR) is 72.9 cm³/mol. The molecule has 0 saturated heterocycles. The summed E-state index contributed by atoms with van der Waals surface area (Å²) in [5, 5.41) is 12.6. The lowest BCUT2D eigenvalue weighted by molar-refractivity contribution is -0.129. The maximum Gasteiger partial charge on any atom is 0.261 e. The van der Waals surface area contributed by atoms with Crippen LogP contribution in [-0.4, -0.2) is 29.3 Å². The first-order chi connectivity index (χ1) is 9.56. The monoisotopic (exact) mass is 281 g/mol. The van der Waals surface area contributed by atoms with Crippen molar-refractivity contribution in [3.63, 3.8) is 0 Å². The van der Waals surface area contributed by atoms with Crippen LogP contribution in [0.15, 0.2) is 24.3 Å². The maximum atomic E-state index is 13.0. The van der Waals surface area contributed by atoms with E-state index in [9.17, 15) is 14.3 Å². The Bertz CT molecular complexity index is 466. The quantitative estimate of drug-likeness (QED) is 0.887. The van der Waals surface area contributed by atoms with Crippen molar-refractivity contribution in [1.29, 1.82) is 0 Å². The van der Waals surface area contributed by atoms with E-state index >= 15 is 0 Å². The highest BCUT2D eigenvalue weighted by Crippen LogP contribution is 2.19. The van der Waals surface area contributed by atoms with Crippen LogP contribution in [0.3, 0.4) is 0 Å². The molecule has 1 unspecified atom stereocenters. The predicted octanol–water partition coefficient (Wildman–Crippen LogP) is 2.01. The molecule has 0 radical (unpaired) electrons. The summed E-state index contributed by atoms with van der Waals surface area (Å²) in [6, 6.07) is 5.47. The minimum Gasteiger partial charge on any atom is -0.481 e. The van der Waals surface area contributed by atoms with E-state index in [4.69, 9.17) is 4.74 Å². The SMILES string of the molecule is CC(Oc1cccc(F)c1)C(=O)N[C@@H]1CCCC[C@H]1O. The molecule has 0 heterocycles. The number of benzene rings is 1. The molecule has 1 aliphatic carbocycles. The molecule has 1 aromatic carbocycles. The maximum absolute atomic E-state index is 13.0. The number of amides is 1. The molecule has 5 heteroatoms. The Labute approximate surface area is 117 Å². The van der Waals surface area contributed by atoms with Crippen LogP contribution in [0.1, 0.15) is 32.6 Å². The molecular weight excluding hydrogens is 261 g/mol. The molecule has 1 aliphatic rings. The number of aliphatic hydroxyl groups is 1. The number of hydrogen-bond acceptors (Lipinski definition) is 3. The summed E-state index contributed by atoms with van der Waals surface area (Å²) in [6.07, 6.45) is 2.26. The van der Waals surface area contributed by atoms with Gasteiger partial charge in [0, 0.05) is 6.07 Å². The molecule has 1 saturated carbocycles. The number of halogens is 1.